The number of aromatic nitrogens is 1. The first-order valence-electron chi connectivity index (χ1n) is 6.23. The number of benzene rings is 1. The maximum Gasteiger partial charge on any atom is 0.143 e. The number of hydrogen-bond donors (Lipinski definition) is 0. The van der Waals surface area contributed by atoms with Crippen LogP contribution in [0.5, 0.6) is 0 Å². The van der Waals surface area contributed by atoms with Crippen molar-refractivity contribution in [1.29, 1.82) is 0 Å². The van der Waals surface area contributed by atoms with Crippen LogP contribution in [0.4, 0.5) is 0 Å². The summed E-state index contributed by atoms with van der Waals surface area (Å²) in [5, 5.41) is 0. The van der Waals surface area contributed by atoms with Gasteiger partial charge in [0.15, 0.2) is 0 Å². The van der Waals surface area contributed by atoms with Crippen LogP contribution in [0.2, 0.25) is 0 Å². The SMILES string of the molecule is Cc1ccc(C)c(CC(=O)Cc2ccc(Br)cn2)c1. The fourth-order valence-electron chi connectivity index (χ4n) is 1.98. The minimum Gasteiger partial charge on any atom is -0.299 e. The summed E-state index contributed by atoms with van der Waals surface area (Å²) in [6.07, 6.45) is 2.59. The summed E-state index contributed by atoms with van der Waals surface area (Å²) in [5.74, 6) is 0.198. The van der Waals surface area contributed by atoms with E-state index in [2.05, 4.69) is 39.1 Å². The first kappa shape index (κ1) is 13.9. The van der Waals surface area contributed by atoms with Gasteiger partial charge in [0.05, 0.1) is 0 Å². The molecule has 0 amide bonds. The molecule has 0 unspecified atom stereocenters. The highest BCUT2D eigenvalue weighted by Gasteiger charge is 2.08. The predicted molar refractivity (Wildman–Crippen MR) is 80.3 cm³/mol. The quantitative estimate of drug-likeness (QED) is 0.858. The second-order valence-corrected chi connectivity index (χ2v) is 5.71. The largest absolute Gasteiger partial charge is 0.299 e. The van der Waals surface area contributed by atoms with Crippen molar-refractivity contribution in [3.8, 4) is 0 Å². The molecular weight excluding hydrogens is 302 g/mol. The van der Waals surface area contributed by atoms with Gasteiger partial charge in [-0.1, -0.05) is 23.8 Å². The Hall–Kier alpha value is -1.48. The standard InChI is InChI=1S/C16H16BrNO/c1-11-3-4-12(2)13(7-11)8-16(19)9-15-6-5-14(17)10-18-15/h3-7,10H,8-9H2,1-2H3. The minimum absolute atomic E-state index is 0.198. The summed E-state index contributed by atoms with van der Waals surface area (Å²) >= 11 is 3.34. The zero-order chi connectivity index (χ0) is 13.8. The van der Waals surface area contributed by atoms with Crippen molar-refractivity contribution in [3.05, 3.63) is 63.4 Å². The maximum atomic E-state index is 12.1. The number of carbonyl (C=O) groups excluding carboxylic acids is 1. The van der Waals surface area contributed by atoms with E-state index in [0.717, 1.165) is 15.7 Å². The zero-order valence-electron chi connectivity index (χ0n) is 11.1. The summed E-state index contributed by atoms with van der Waals surface area (Å²) in [5.41, 5.74) is 4.29. The highest BCUT2D eigenvalue weighted by Crippen LogP contribution is 2.13. The molecule has 0 aliphatic rings. The number of halogens is 1. The molecule has 2 aromatic rings. The van der Waals surface area contributed by atoms with Gasteiger partial charge in [0, 0.05) is 29.2 Å². The van der Waals surface area contributed by atoms with E-state index in [4.69, 9.17) is 0 Å². The van der Waals surface area contributed by atoms with Crippen molar-refractivity contribution >= 4 is 21.7 Å². The first-order chi connectivity index (χ1) is 9.04. The number of pyridine rings is 1. The number of hydrogen-bond acceptors (Lipinski definition) is 2. The van der Waals surface area contributed by atoms with Crippen molar-refractivity contribution in [2.45, 2.75) is 26.7 Å². The molecule has 3 heteroatoms. The topological polar surface area (TPSA) is 30.0 Å². The Bertz CT molecular complexity index is 590. The lowest BCUT2D eigenvalue weighted by Gasteiger charge is -2.06. The maximum absolute atomic E-state index is 12.1. The van der Waals surface area contributed by atoms with E-state index in [0.29, 0.717) is 12.8 Å². The second-order valence-electron chi connectivity index (χ2n) is 4.79. The molecule has 19 heavy (non-hydrogen) atoms. The van der Waals surface area contributed by atoms with Crippen LogP contribution in [-0.2, 0) is 17.6 Å². The molecule has 1 aromatic carbocycles. The van der Waals surface area contributed by atoms with E-state index in [1.807, 2.05) is 26.0 Å². The normalized spacial score (nSPS) is 10.5. The molecule has 0 radical (unpaired) electrons. The summed E-state index contributed by atoms with van der Waals surface area (Å²) in [7, 11) is 0. The molecule has 2 rings (SSSR count). The van der Waals surface area contributed by atoms with Crippen LogP contribution in [0.3, 0.4) is 0 Å². The lowest BCUT2D eigenvalue weighted by molar-refractivity contribution is -0.117. The smallest absolute Gasteiger partial charge is 0.143 e. The van der Waals surface area contributed by atoms with Gasteiger partial charge >= 0.3 is 0 Å². The summed E-state index contributed by atoms with van der Waals surface area (Å²) in [6, 6.07) is 10.0. The Morgan fingerprint density at radius 3 is 2.63 bits per heavy atom. The fraction of sp³-hybridized carbons (Fsp3) is 0.250. The van der Waals surface area contributed by atoms with Gasteiger partial charge in [-0.3, -0.25) is 9.78 Å². The minimum atomic E-state index is 0.198. The van der Waals surface area contributed by atoms with Gasteiger partial charge in [-0.25, -0.2) is 0 Å². The summed E-state index contributed by atoms with van der Waals surface area (Å²) in [6.45, 7) is 4.09. The van der Waals surface area contributed by atoms with E-state index in [1.54, 1.807) is 6.20 Å². The Morgan fingerprint density at radius 2 is 1.95 bits per heavy atom. The van der Waals surface area contributed by atoms with E-state index < -0.39 is 0 Å². The highest BCUT2D eigenvalue weighted by atomic mass is 79.9. The fourth-order valence-corrected chi connectivity index (χ4v) is 2.21. The van der Waals surface area contributed by atoms with Crippen molar-refractivity contribution in [2.75, 3.05) is 0 Å². The number of nitrogens with zero attached hydrogens (tertiary/aromatic N) is 1. The molecule has 0 fully saturated rings. The lowest BCUT2D eigenvalue weighted by Crippen LogP contribution is -2.08. The van der Waals surface area contributed by atoms with Gasteiger partial charge in [0.1, 0.15) is 5.78 Å². The van der Waals surface area contributed by atoms with Crippen LogP contribution in [0.1, 0.15) is 22.4 Å². The molecule has 0 aliphatic carbocycles. The van der Waals surface area contributed by atoms with Gasteiger partial charge in [-0.2, -0.15) is 0 Å². The zero-order valence-corrected chi connectivity index (χ0v) is 12.7. The van der Waals surface area contributed by atoms with Gasteiger partial charge in [0.2, 0.25) is 0 Å². The van der Waals surface area contributed by atoms with Crippen LogP contribution < -0.4 is 0 Å². The van der Waals surface area contributed by atoms with Crippen LogP contribution in [0.15, 0.2) is 41.0 Å². The third-order valence-corrected chi connectivity index (χ3v) is 3.53. The average molecular weight is 318 g/mol. The number of aryl methyl sites for hydroxylation is 2. The summed E-state index contributed by atoms with van der Waals surface area (Å²) in [4.78, 5) is 16.3. The van der Waals surface area contributed by atoms with Crippen molar-refractivity contribution in [2.24, 2.45) is 0 Å². The van der Waals surface area contributed by atoms with Gasteiger partial charge in [-0.05, 0) is 53.0 Å². The summed E-state index contributed by atoms with van der Waals surface area (Å²) < 4.78 is 0.929. The molecule has 1 aromatic heterocycles. The van der Waals surface area contributed by atoms with Crippen molar-refractivity contribution in [3.63, 3.8) is 0 Å². The lowest BCUT2D eigenvalue weighted by atomic mass is 9.99. The molecule has 2 nitrogen and oxygen atoms in total. The molecule has 98 valence electrons. The van der Waals surface area contributed by atoms with Crippen LogP contribution in [0, 0.1) is 13.8 Å². The number of rotatable bonds is 4. The van der Waals surface area contributed by atoms with Crippen LogP contribution in [0.25, 0.3) is 0 Å². The first-order valence-corrected chi connectivity index (χ1v) is 7.02. The number of carbonyl (C=O) groups is 1. The number of Topliss-reactive ketones (excluding diaryl/α,β-unsaturated/α-hetero) is 1. The second kappa shape index (κ2) is 6.11. The molecule has 0 saturated carbocycles. The van der Waals surface area contributed by atoms with E-state index >= 15 is 0 Å². The third kappa shape index (κ3) is 4.00. The Balaban J connectivity index is 2.05. The predicted octanol–water partition coefficient (Wildman–Crippen LogP) is 3.82. The molecule has 0 saturated heterocycles. The Morgan fingerprint density at radius 1 is 1.16 bits per heavy atom. The Labute approximate surface area is 122 Å². The van der Waals surface area contributed by atoms with Crippen molar-refractivity contribution < 1.29 is 4.79 Å². The number of ketones is 1. The Kier molecular flexibility index (Phi) is 4.48. The van der Waals surface area contributed by atoms with E-state index in [-0.39, 0.29) is 5.78 Å². The molecule has 0 aliphatic heterocycles. The molecule has 1 heterocycles. The molecule has 0 bridgehead atoms. The van der Waals surface area contributed by atoms with E-state index in [9.17, 15) is 4.79 Å². The van der Waals surface area contributed by atoms with Crippen molar-refractivity contribution in [1.82, 2.24) is 4.98 Å². The monoisotopic (exact) mass is 317 g/mol. The van der Waals surface area contributed by atoms with Crippen LogP contribution in [-0.4, -0.2) is 10.8 Å². The molecule has 0 spiro atoms. The van der Waals surface area contributed by atoms with Gasteiger partial charge in [-0.15, -0.1) is 0 Å². The van der Waals surface area contributed by atoms with Gasteiger partial charge < -0.3 is 0 Å². The highest BCUT2D eigenvalue weighted by molar-refractivity contribution is 9.10. The average Bonchev–Trinajstić information content (AvgIpc) is 2.37. The molecule has 0 atom stereocenters. The van der Waals surface area contributed by atoms with Gasteiger partial charge in [0.25, 0.3) is 0 Å². The molecular formula is C16H16BrNO. The van der Waals surface area contributed by atoms with Crippen LogP contribution >= 0.6 is 15.9 Å². The molecule has 0 N–H and O–H groups in total. The van der Waals surface area contributed by atoms with E-state index in [1.165, 1.54) is 11.1 Å². The third-order valence-electron chi connectivity index (χ3n) is 3.06.